The number of aliphatic hydroxyl groups is 1. The molecule has 6 rings (SSSR count). The molecule has 2 heterocycles. The molecule has 6 nitrogen and oxygen atoms in total. The highest BCUT2D eigenvalue weighted by Gasteiger charge is 2.76. The van der Waals surface area contributed by atoms with Crippen molar-refractivity contribution in [2.45, 2.75) is 102 Å². The molecule has 6 heteroatoms. The average molecular weight is 498 g/mol. The summed E-state index contributed by atoms with van der Waals surface area (Å²) in [4.78, 5) is 15.1. The van der Waals surface area contributed by atoms with Crippen molar-refractivity contribution in [2.24, 2.45) is 23.2 Å². The number of hydrogen-bond acceptors (Lipinski definition) is 6. The van der Waals surface area contributed by atoms with E-state index in [1.165, 1.54) is 38.5 Å². The summed E-state index contributed by atoms with van der Waals surface area (Å²) in [5.74, 6) is 2.29. The van der Waals surface area contributed by atoms with Crippen LogP contribution in [-0.4, -0.2) is 53.6 Å². The molecule has 1 N–H and O–H groups in total. The number of unbranched alkanes of at least 4 members (excludes halogenated alkanes) is 5. The van der Waals surface area contributed by atoms with Gasteiger partial charge in [-0.15, -0.1) is 0 Å². The van der Waals surface area contributed by atoms with Gasteiger partial charge in [0.15, 0.2) is 5.76 Å². The van der Waals surface area contributed by atoms with E-state index in [4.69, 9.17) is 14.2 Å². The van der Waals surface area contributed by atoms with Gasteiger partial charge in [0.25, 0.3) is 0 Å². The summed E-state index contributed by atoms with van der Waals surface area (Å²) in [7, 11) is 0. The maximum absolute atomic E-state index is 12.6. The molecule has 5 fully saturated rings. The van der Waals surface area contributed by atoms with E-state index >= 15 is 0 Å². The van der Waals surface area contributed by atoms with E-state index in [2.05, 4.69) is 24.5 Å². The topological polar surface area (TPSA) is 68.2 Å². The molecule has 0 aromatic carbocycles. The van der Waals surface area contributed by atoms with Gasteiger partial charge in [0.2, 0.25) is 0 Å². The fourth-order valence-corrected chi connectivity index (χ4v) is 8.23. The first-order chi connectivity index (χ1) is 17.5. The highest BCUT2D eigenvalue weighted by Crippen LogP contribution is 2.70. The second-order valence-electron chi connectivity index (χ2n) is 12.3. The zero-order valence-corrected chi connectivity index (χ0v) is 21.9. The van der Waals surface area contributed by atoms with Crippen LogP contribution < -0.4 is 0 Å². The largest absolute Gasteiger partial charge is 0.513 e. The molecular weight excluding hydrogens is 454 g/mol. The SMILES string of the molecule is C=C1CC[C@@]2(O)C3CC4C=CC(OC(=O)OCCCCCCCC)=C5O[C@@H]1[C@]2(CCN3CC1CC1)C54. The minimum atomic E-state index is -0.802. The number of piperidine rings is 1. The van der Waals surface area contributed by atoms with Crippen molar-refractivity contribution in [3.63, 3.8) is 0 Å². The summed E-state index contributed by atoms with van der Waals surface area (Å²) in [6.07, 6.45) is 16.0. The lowest BCUT2D eigenvalue weighted by atomic mass is 9.44. The molecule has 2 saturated heterocycles. The van der Waals surface area contributed by atoms with E-state index in [1.807, 2.05) is 6.08 Å². The lowest BCUT2D eigenvalue weighted by molar-refractivity contribution is -0.240. The summed E-state index contributed by atoms with van der Waals surface area (Å²) in [5, 5.41) is 12.5. The zero-order chi connectivity index (χ0) is 24.9. The third-order valence-corrected chi connectivity index (χ3v) is 10.1. The average Bonchev–Trinajstić information content (AvgIpc) is 3.60. The maximum atomic E-state index is 12.6. The Bertz CT molecular complexity index is 953. The van der Waals surface area contributed by atoms with E-state index in [9.17, 15) is 9.90 Å². The fourth-order valence-electron chi connectivity index (χ4n) is 8.23. The monoisotopic (exact) mass is 497 g/mol. The van der Waals surface area contributed by atoms with Gasteiger partial charge in [-0.2, -0.15) is 0 Å². The minimum Gasteiger partial charge on any atom is -0.485 e. The van der Waals surface area contributed by atoms with E-state index in [-0.39, 0.29) is 24.0 Å². The Labute approximate surface area is 215 Å². The predicted octanol–water partition coefficient (Wildman–Crippen LogP) is 5.87. The molecule has 198 valence electrons. The van der Waals surface area contributed by atoms with Crippen molar-refractivity contribution in [2.75, 3.05) is 19.7 Å². The van der Waals surface area contributed by atoms with Crippen molar-refractivity contribution in [3.8, 4) is 0 Å². The first kappa shape index (κ1) is 24.5. The van der Waals surface area contributed by atoms with Gasteiger partial charge in [0.1, 0.15) is 11.9 Å². The van der Waals surface area contributed by atoms with E-state index in [0.717, 1.165) is 68.9 Å². The second-order valence-corrected chi connectivity index (χ2v) is 12.3. The molecule has 2 bridgehead atoms. The van der Waals surface area contributed by atoms with Gasteiger partial charge in [0, 0.05) is 18.5 Å². The van der Waals surface area contributed by atoms with Crippen LogP contribution in [0.4, 0.5) is 4.79 Å². The lowest BCUT2D eigenvalue weighted by Gasteiger charge is -2.66. The van der Waals surface area contributed by atoms with Crippen LogP contribution in [0.25, 0.3) is 0 Å². The first-order valence-electron chi connectivity index (χ1n) is 14.6. The highest BCUT2D eigenvalue weighted by atomic mass is 16.7. The molecule has 3 saturated carbocycles. The van der Waals surface area contributed by atoms with Crippen LogP contribution in [0.2, 0.25) is 0 Å². The van der Waals surface area contributed by atoms with Crippen molar-refractivity contribution in [3.05, 3.63) is 35.8 Å². The molecule has 6 aliphatic rings. The molecule has 3 unspecified atom stereocenters. The number of carbonyl (C=O) groups excluding carboxylic acids is 1. The number of ether oxygens (including phenoxy) is 3. The summed E-state index contributed by atoms with van der Waals surface area (Å²) >= 11 is 0. The van der Waals surface area contributed by atoms with Crippen molar-refractivity contribution >= 4 is 6.16 Å². The number of hydrogen-bond donors (Lipinski definition) is 1. The lowest BCUT2D eigenvalue weighted by Crippen LogP contribution is -2.75. The molecule has 2 aliphatic heterocycles. The van der Waals surface area contributed by atoms with Crippen LogP contribution in [0.3, 0.4) is 0 Å². The Morgan fingerprint density at radius 3 is 2.83 bits per heavy atom. The highest BCUT2D eigenvalue weighted by molar-refractivity contribution is 5.62. The van der Waals surface area contributed by atoms with Gasteiger partial charge >= 0.3 is 6.16 Å². The first-order valence-corrected chi connectivity index (χ1v) is 14.6. The number of rotatable bonds is 10. The van der Waals surface area contributed by atoms with Gasteiger partial charge < -0.3 is 19.3 Å². The number of allylic oxidation sites excluding steroid dienone is 3. The Balaban J connectivity index is 1.19. The van der Waals surface area contributed by atoms with Gasteiger partial charge in [-0.1, -0.05) is 51.7 Å². The van der Waals surface area contributed by atoms with Crippen LogP contribution in [0, 0.1) is 23.2 Å². The number of carbonyl (C=O) groups is 1. The second kappa shape index (κ2) is 9.50. The maximum Gasteiger partial charge on any atom is 0.513 e. The summed E-state index contributed by atoms with van der Waals surface area (Å²) in [6, 6.07) is 0.154. The molecule has 1 spiro atoms. The Morgan fingerprint density at radius 2 is 2.03 bits per heavy atom. The number of nitrogens with zero attached hydrogens (tertiary/aromatic N) is 1. The van der Waals surface area contributed by atoms with Crippen molar-refractivity contribution in [1.82, 2.24) is 4.90 Å². The predicted molar refractivity (Wildman–Crippen MR) is 137 cm³/mol. The fraction of sp³-hybridized carbons (Fsp3) is 0.767. The van der Waals surface area contributed by atoms with Gasteiger partial charge in [-0.3, -0.25) is 4.90 Å². The zero-order valence-electron chi connectivity index (χ0n) is 21.9. The Kier molecular flexibility index (Phi) is 6.48. The smallest absolute Gasteiger partial charge is 0.485 e. The summed E-state index contributed by atoms with van der Waals surface area (Å²) in [5.41, 5.74) is -0.127. The van der Waals surface area contributed by atoms with Gasteiger partial charge in [-0.05, 0) is 75.0 Å². The minimum absolute atomic E-state index is 0.0234. The van der Waals surface area contributed by atoms with Crippen molar-refractivity contribution < 1.29 is 24.1 Å². The van der Waals surface area contributed by atoms with Gasteiger partial charge in [-0.25, -0.2) is 4.79 Å². The third kappa shape index (κ3) is 3.86. The van der Waals surface area contributed by atoms with E-state index < -0.39 is 17.2 Å². The molecular formula is C30H43NO5. The normalized spacial score (nSPS) is 38.6. The molecule has 0 radical (unpaired) electrons. The number of likely N-dealkylation sites (tertiary alicyclic amines) is 1. The van der Waals surface area contributed by atoms with Crippen LogP contribution in [0.15, 0.2) is 35.8 Å². The van der Waals surface area contributed by atoms with E-state index in [1.54, 1.807) is 0 Å². The quantitative estimate of drug-likeness (QED) is 0.231. The van der Waals surface area contributed by atoms with Crippen LogP contribution in [-0.2, 0) is 14.2 Å². The third-order valence-electron chi connectivity index (χ3n) is 10.1. The van der Waals surface area contributed by atoms with E-state index in [0.29, 0.717) is 12.4 Å². The van der Waals surface area contributed by atoms with Gasteiger partial charge in [0.05, 0.1) is 17.6 Å². The molecule has 0 aromatic heterocycles. The summed E-state index contributed by atoms with van der Waals surface area (Å²) < 4.78 is 17.8. The molecule has 0 aromatic rings. The molecule has 6 atom stereocenters. The molecule has 36 heavy (non-hydrogen) atoms. The standard InChI is InChI=1S/C30H43NO5/c1-3-4-5-6-7-8-17-34-28(32)35-23-12-11-22-18-24-30(33)14-13-20(2)27-29(30,25(22)26(23)36-27)15-16-31(24)19-21-9-10-21/h11-12,21-22,24-25,27,33H,2-10,13-19H2,1H3/t22?,24?,25?,27-,29-,30+/m0/s1. The van der Waals surface area contributed by atoms with Crippen LogP contribution in [0.1, 0.15) is 84.0 Å². The molecule has 0 amide bonds. The molecule has 4 aliphatic carbocycles. The summed E-state index contributed by atoms with van der Waals surface area (Å²) in [6.45, 7) is 9.08. The van der Waals surface area contributed by atoms with Crippen LogP contribution >= 0.6 is 0 Å². The Morgan fingerprint density at radius 1 is 1.22 bits per heavy atom. The van der Waals surface area contributed by atoms with Crippen LogP contribution in [0.5, 0.6) is 0 Å². The van der Waals surface area contributed by atoms with Crippen molar-refractivity contribution in [1.29, 1.82) is 0 Å². The Hall–Kier alpha value is -1.79.